The van der Waals surface area contributed by atoms with Gasteiger partial charge in [0.05, 0.1) is 0 Å². The van der Waals surface area contributed by atoms with Crippen LogP contribution < -0.4 is 0 Å². The molecule has 20 heavy (non-hydrogen) atoms. The van der Waals surface area contributed by atoms with Gasteiger partial charge in [-0.15, -0.1) is 0 Å². The molecular formula is C15H29BrO3Si. The maximum absolute atomic E-state index is 10.9. The molecule has 3 nitrogen and oxygen atoms in total. The number of carboxylic acid groups (broad SMARTS) is 1. The Morgan fingerprint density at radius 3 is 2.20 bits per heavy atom. The standard InChI is InChI=1S/C15H29BrO3Si/c1-15(2,3)20(4,5)19-12-8-6-11(7-9-12)10-13(16)14(17)18/h11-13H,6-10H2,1-5H3,(H,17,18)/t11-,12-,13?. The lowest BCUT2D eigenvalue weighted by Gasteiger charge is -2.41. The zero-order valence-electron chi connectivity index (χ0n) is 13.4. The summed E-state index contributed by atoms with van der Waals surface area (Å²) in [6.07, 6.45) is 5.46. The fraction of sp³-hybridized carbons (Fsp3) is 0.933. The first-order valence-corrected chi connectivity index (χ1v) is 11.4. The van der Waals surface area contributed by atoms with Crippen LogP contribution in [0.4, 0.5) is 0 Å². The van der Waals surface area contributed by atoms with Gasteiger partial charge in [0.15, 0.2) is 8.32 Å². The number of alkyl halides is 1. The third kappa shape index (κ3) is 5.15. The number of aliphatic carboxylic acids is 1. The molecule has 0 aromatic carbocycles. The lowest BCUT2D eigenvalue weighted by molar-refractivity contribution is -0.136. The van der Waals surface area contributed by atoms with Gasteiger partial charge in [0.1, 0.15) is 4.83 Å². The average Bonchev–Trinajstić information content (AvgIpc) is 2.29. The third-order valence-corrected chi connectivity index (χ3v) is 10.2. The van der Waals surface area contributed by atoms with Gasteiger partial charge < -0.3 is 9.53 Å². The van der Waals surface area contributed by atoms with Crippen molar-refractivity contribution in [2.75, 3.05) is 0 Å². The zero-order valence-corrected chi connectivity index (χ0v) is 16.0. The van der Waals surface area contributed by atoms with E-state index in [2.05, 4.69) is 49.8 Å². The molecule has 0 heterocycles. The van der Waals surface area contributed by atoms with Crippen LogP contribution >= 0.6 is 15.9 Å². The largest absolute Gasteiger partial charge is 0.480 e. The van der Waals surface area contributed by atoms with E-state index in [1.807, 2.05) is 0 Å². The molecule has 1 fully saturated rings. The zero-order chi connectivity index (χ0) is 15.6. The van der Waals surface area contributed by atoms with E-state index in [1.54, 1.807) is 0 Å². The first-order chi connectivity index (χ1) is 9.03. The van der Waals surface area contributed by atoms with E-state index < -0.39 is 19.1 Å². The van der Waals surface area contributed by atoms with E-state index in [0.717, 1.165) is 32.1 Å². The van der Waals surface area contributed by atoms with Crippen LogP contribution in [0.15, 0.2) is 0 Å². The second-order valence-corrected chi connectivity index (χ2v) is 13.4. The highest BCUT2D eigenvalue weighted by Gasteiger charge is 2.39. The molecule has 1 saturated carbocycles. The normalized spacial score (nSPS) is 26.3. The molecule has 118 valence electrons. The lowest BCUT2D eigenvalue weighted by Crippen LogP contribution is -2.44. The van der Waals surface area contributed by atoms with E-state index in [4.69, 9.17) is 9.53 Å². The first-order valence-electron chi connectivity index (χ1n) is 7.57. The SMILES string of the molecule is CC(C)(C)[Si](C)(C)O[C@H]1CC[C@H](CC(Br)C(=O)O)CC1. The molecule has 0 amide bonds. The predicted molar refractivity (Wildman–Crippen MR) is 89.0 cm³/mol. The van der Waals surface area contributed by atoms with E-state index >= 15 is 0 Å². The molecule has 0 bridgehead atoms. The van der Waals surface area contributed by atoms with Crippen molar-refractivity contribution < 1.29 is 14.3 Å². The number of hydrogen-bond acceptors (Lipinski definition) is 2. The predicted octanol–water partition coefficient (Wildman–Crippen LogP) is 4.81. The van der Waals surface area contributed by atoms with Crippen LogP contribution in [-0.2, 0) is 9.22 Å². The Morgan fingerprint density at radius 1 is 1.30 bits per heavy atom. The average molecular weight is 365 g/mol. The van der Waals surface area contributed by atoms with Crippen molar-refractivity contribution in [2.24, 2.45) is 5.92 Å². The summed E-state index contributed by atoms with van der Waals surface area (Å²) in [5.41, 5.74) is 0. The van der Waals surface area contributed by atoms with Crippen LogP contribution in [0, 0.1) is 5.92 Å². The molecule has 0 aromatic heterocycles. The Bertz CT molecular complexity index is 331. The van der Waals surface area contributed by atoms with E-state index in [9.17, 15) is 4.79 Å². The molecule has 0 aromatic rings. The summed E-state index contributed by atoms with van der Waals surface area (Å²) in [7, 11) is -1.67. The summed E-state index contributed by atoms with van der Waals surface area (Å²) in [5.74, 6) is -0.223. The number of halogens is 1. The molecule has 1 aliphatic carbocycles. The molecular weight excluding hydrogens is 336 g/mol. The number of hydrogen-bond donors (Lipinski definition) is 1. The molecule has 1 aliphatic rings. The Morgan fingerprint density at radius 2 is 1.80 bits per heavy atom. The second kappa shape index (κ2) is 6.92. The van der Waals surface area contributed by atoms with Crippen LogP contribution in [-0.4, -0.2) is 30.3 Å². The van der Waals surface area contributed by atoms with Gasteiger partial charge in [0, 0.05) is 6.10 Å². The molecule has 1 N–H and O–H groups in total. The van der Waals surface area contributed by atoms with Gasteiger partial charge >= 0.3 is 5.97 Å². The Balaban J connectivity index is 2.41. The van der Waals surface area contributed by atoms with Gasteiger partial charge in [-0.05, 0) is 56.2 Å². The molecule has 1 atom stereocenters. The molecule has 0 spiro atoms. The lowest BCUT2D eigenvalue weighted by atomic mass is 9.84. The van der Waals surface area contributed by atoms with E-state index in [-0.39, 0.29) is 5.04 Å². The maximum atomic E-state index is 10.9. The molecule has 5 heteroatoms. The Hall–Kier alpha value is 0.127. The van der Waals surface area contributed by atoms with Crippen LogP contribution in [0.5, 0.6) is 0 Å². The minimum Gasteiger partial charge on any atom is -0.480 e. The molecule has 0 aliphatic heterocycles. The Kier molecular flexibility index (Phi) is 6.29. The topological polar surface area (TPSA) is 46.5 Å². The highest BCUT2D eigenvalue weighted by molar-refractivity contribution is 9.10. The van der Waals surface area contributed by atoms with Gasteiger partial charge in [-0.2, -0.15) is 0 Å². The van der Waals surface area contributed by atoms with Gasteiger partial charge in [-0.1, -0.05) is 36.7 Å². The fourth-order valence-electron chi connectivity index (χ4n) is 2.47. The van der Waals surface area contributed by atoms with Crippen LogP contribution in [0.2, 0.25) is 18.1 Å². The fourth-order valence-corrected chi connectivity index (χ4v) is 4.42. The van der Waals surface area contributed by atoms with Crippen molar-refractivity contribution in [3.8, 4) is 0 Å². The summed E-state index contributed by atoms with van der Waals surface area (Å²) < 4.78 is 6.45. The molecule has 0 radical (unpaired) electrons. The summed E-state index contributed by atoms with van der Waals surface area (Å²) in [4.78, 5) is 10.5. The molecule has 1 unspecified atom stereocenters. The number of rotatable bonds is 5. The Labute approximate surface area is 132 Å². The third-order valence-electron chi connectivity index (χ3n) is 4.87. The van der Waals surface area contributed by atoms with Gasteiger partial charge in [-0.3, -0.25) is 4.79 Å². The smallest absolute Gasteiger partial charge is 0.317 e. The first kappa shape index (κ1) is 18.2. The van der Waals surface area contributed by atoms with Crippen molar-refractivity contribution in [3.63, 3.8) is 0 Å². The summed E-state index contributed by atoms with van der Waals surface area (Å²) in [6, 6.07) is 0. The highest BCUT2D eigenvalue weighted by atomic mass is 79.9. The minimum absolute atomic E-state index is 0.258. The van der Waals surface area contributed by atoms with Gasteiger partial charge in [0.25, 0.3) is 0 Å². The molecule has 1 rings (SSSR count). The number of carbonyl (C=O) groups is 1. The quantitative estimate of drug-likeness (QED) is 0.562. The monoisotopic (exact) mass is 364 g/mol. The van der Waals surface area contributed by atoms with Crippen molar-refractivity contribution >= 4 is 30.2 Å². The van der Waals surface area contributed by atoms with E-state index in [0.29, 0.717) is 12.0 Å². The minimum atomic E-state index is -1.67. The van der Waals surface area contributed by atoms with Crippen molar-refractivity contribution in [1.82, 2.24) is 0 Å². The van der Waals surface area contributed by atoms with Gasteiger partial charge in [-0.25, -0.2) is 0 Å². The maximum Gasteiger partial charge on any atom is 0.317 e. The van der Waals surface area contributed by atoms with Crippen molar-refractivity contribution in [2.45, 2.75) is 81.9 Å². The van der Waals surface area contributed by atoms with Crippen molar-refractivity contribution in [3.05, 3.63) is 0 Å². The molecule has 0 saturated heterocycles. The van der Waals surface area contributed by atoms with E-state index in [1.165, 1.54) is 0 Å². The van der Waals surface area contributed by atoms with Crippen molar-refractivity contribution in [1.29, 1.82) is 0 Å². The highest BCUT2D eigenvalue weighted by Crippen LogP contribution is 2.40. The van der Waals surface area contributed by atoms with Crippen LogP contribution in [0.1, 0.15) is 52.9 Å². The second-order valence-electron chi connectivity index (χ2n) is 7.56. The summed E-state index contributed by atoms with van der Waals surface area (Å²) in [6.45, 7) is 11.4. The van der Waals surface area contributed by atoms with Crippen LogP contribution in [0.25, 0.3) is 0 Å². The summed E-state index contributed by atoms with van der Waals surface area (Å²) in [5, 5.41) is 9.20. The van der Waals surface area contributed by atoms with Crippen LogP contribution in [0.3, 0.4) is 0 Å². The number of carboxylic acids is 1. The van der Waals surface area contributed by atoms with Gasteiger partial charge in [0.2, 0.25) is 0 Å². The summed E-state index contributed by atoms with van der Waals surface area (Å²) >= 11 is 3.24.